The summed E-state index contributed by atoms with van der Waals surface area (Å²) in [6.07, 6.45) is 5.21. The number of ether oxygens (including phenoxy) is 2. The lowest BCUT2D eigenvalue weighted by Crippen LogP contribution is -2.38. The van der Waals surface area contributed by atoms with E-state index in [0.717, 1.165) is 48.9 Å². The molecule has 1 N–H and O–H groups in total. The highest BCUT2D eigenvalue weighted by Gasteiger charge is 2.22. The summed E-state index contributed by atoms with van der Waals surface area (Å²) in [5.74, 6) is 1.06. The van der Waals surface area contributed by atoms with Gasteiger partial charge in [-0.05, 0) is 69.8 Å². The zero-order valence-electron chi connectivity index (χ0n) is 20.7. The molecule has 0 saturated carbocycles. The third kappa shape index (κ3) is 7.36. The van der Waals surface area contributed by atoms with Crippen molar-refractivity contribution in [1.29, 1.82) is 0 Å². The average molecular weight is 572 g/mol. The Bertz CT molecular complexity index is 1250. The highest BCUT2D eigenvalue weighted by Crippen LogP contribution is 2.35. The van der Waals surface area contributed by atoms with Crippen LogP contribution in [0.15, 0.2) is 47.2 Å². The van der Waals surface area contributed by atoms with Gasteiger partial charge in [-0.3, -0.25) is 19.8 Å². The van der Waals surface area contributed by atoms with E-state index >= 15 is 0 Å². The molecule has 0 bridgehead atoms. The highest BCUT2D eigenvalue weighted by atomic mass is 79.9. The maximum absolute atomic E-state index is 11.8. The number of nitrogens with one attached hydrogen (secondary N) is 1. The van der Waals surface area contributed by atoms with Crippen LogP contribution in [0.1, 0.15) is 32.6 Å². The van der Waals surface area contributed by atoms with Gasteiger partial charge in [-0.15, -0.1) is 0 Å². The predicted molar refractivity (Wildman–Crippen MR) is 144 cm³/mol. The van der Waals surface area contributed by atoms with Gasteiger partial charge in [-0.1, -0.05) is 22.0 Å². The third-order valence-electron chi connectivity index (χ3n) is 6.38. The maximum atomic E-state index is 11.8. The quantitative estimate of drug-likeness (QED) is 0.138. The molecule has 0 radical (unpaired) electrons. The number of nitrogens with zero attached hydrogens (tertiary/aromatic N) is 4. The Labute approximate surface area is 223 Å². The van der Waals surface area contributed by atoms with Crippen LogP contribution in [-0.4, -0.2) is 58.6 Å². The number of anilines is 2. The predicted octanol–water partition coefficient (Wildman–Crippen LogP) is 5.48. The Morgan fingerprint density at radius 2 is 2.05 bits per heavy atom. The van der Waals surface area contributed by atoms with Gasteiger partial charge in [0, 0.05) is 22.3 Å². The van der Waals surface area contributed by atoms with Crippen molar-refractivity contribution < 1.29 is 19.2 Å². The first-order valence-corrected chi connectivity index (χ1v) is 13.2. The van der Waals surface area contributed by atoms with Gasteiger partial charge in [-0.25, -0.2) is 9.97 Å². The van der Waals surface area contributed by atoms with E-state index in [1.807, 2.05) is 31.2 Å². The molecule has 1 aromatic heterocycles. The van der Waals surface area contributed by atoms with Crippen LogP contribution < -0.4 is 10.1 Å². The lowest BCUT2D eigenvalue weighted by Gasteiger charge is -2.31. The van der Waals surface area contributed by atoms with Crippen LogP contribution >= 0.6 is 15.9 Å². The van der Waals surface area contributed by atoms with E-state index in [9.17, 15) is 14.9 Å². The van der Waals surface area contributed by atoms with Gasteiger partial charge in [0.2, 0.25) is 0 Å². The van der Waals surface area contributed by atoms with E-state index in [1.54, 1.807) is 6.07 Å². The number of carbonyl (C=O) groups excluding carboxylic acids is 1. The van der Waals surface area contributed by atoms with E-state index in [0.29, 0.717) is 42.4 Å². The fourth-order valence-corrected chi connectivity index (χ4v) is 4.91. The molecule has 10 nitrogen and oxygen atoms in total. The zero-order valence-corrected chi connectivity index (χ0v) is 22.3. The number of hydrogen-bond donors (Lipinski definition) is 1. The van der Waals surface area contributed by atoms with Crippen LogP contribution in [0.5, 0.6) is 5.75 Å². The summed E-state index contributed by atoms with van der Waals surface area (Å²) in [5.41, 5.74) is 1.23. The molecular formula is C26H30BrN5O5. The molecule has 1 aliphatic heterocycles. The number of likely N-dealkylation sites (tertiary alicyclic amines) is 1. The smallest absolute Gasteiger partial charge is 0.320 e. The van der Waals surface area contributed by atoms with Crippen LogP contribution in [0.3, 0.4) is 0 Å². The summed E-state index contributed by atoms with van der Waals surface area (Å²) in [6, 6.07) is 10.6. The molecule has 1 fully saturated rings. The second kappa shape index (κ2) is 12.8. The molecule has 0 unspecified atom stereocenters. The Morgan fingerprint density at radius 3 is 2.78 bits per heavy atom. The van der Waals surface area contributed by atoms with Gasteiger partial charge in [0.1, 0.15) is 12.1 Å². The van der Waals surface area contributed by atoms with Gasteiger partial charge < -0.3 is 14.8 Å². The number of nitro groups is 1. The molecule has 0 amide bonds. The molecule has 1 aliphatic rings. The lowest BCUT2D eigenvalue weighted by molar-refractivity contribution is -0.385. The molecule has 11 heteroatoms. The van der Waals surface area contributed by atoms with Crippen molar-refractivity contribution in [3.05, 3.63) is 57.3 Å². The van der Waals surface area contributed by atoms with Gasteiger partial charge in [-0.2, -0.15) is 0 Å². The minimum absolute atomic E-state index is 0.119. The monoisotopic (exact) mass is 571 g/mol. The Balaban J connectivity index is 1.35. The van der Waals surface area contributed by atoms with Crippen molar-refractivity contribution in [2.45, 2.75) is 32.6 Å². The summed E-state index contributed by atoms with van der Waals surface area (Å²) >= 11 is 3.44. The summed E-state index contributed by atoms with van der Waals surface area (Å²) in [4.78, 5) is 33.8. The second-order valence-electron chi connectivity index (χ2n) is 8.97. The molecule has 1 saturated heterocycles. The molecule has 0 spiro atoms. The number of benzene rings is 2. The van der Waals surface area contributed by atoms with E-state index < -0.39 is 4.92 Å². The Morgan fingerprint density at radius 1 is 1.24 bits per heavy atom. The number of aromatic nitrogens is 2. The minimum atomic E-state index is -0.441. The number of nitro benzene ring substituents is 1. The number of piperidine rings is 1. The first-order chi connectivity index (χ1) is 17.9. The van der Waals surface area contributed by atoms with Gasteiger partial charge in [0.05, 0.1) is 35.6 Å². The number of carbonyl (C=O) groups is 1. The molecule has 37 heavy (non-hydrogen) atoms. The first kappa shape index (κ1) is 26.7. The molecule has 3 aromatic rings. The number of halogens is 1. The molecular weight excluding hydrogens is 542 g/mol. The second-order valence-corrected chi connectivity index (χ2v) is 9.88. The van der Waals surface area contributed by atoms with E-state index in [1.165, 1.54) is 12.4 Å². The Kier molecular flexibility index (Phi) is 9.24. The SMILES string of the molecule is CCOC(=O)CN1CCC(CCCOc2cc3ncnc(Nc4cccc(Br)c4)c3cc2[N+](=O)[O-])CC1. The fourth-order valence-electron chi connectivity index (χ4n) is 4.51. The zero-order chi connectivity index (χ0) is 26.2. The normalized spacial score (nSPS) is 14.4. The van der Waals surface area contributed by atoms with Crippen molar-refractivity contribution in [3.63, 3.8) is 0 Å². The van der Waals surface area contributed by atoms with Gasteiger partial charge in [0.15, 0.2) is 5.75 Å². The standard InChI is InChI=1S/C26H30BrN5O5/c1-2-36-25(33)16-31-10-8-18(9-11-31)5-4-12-37-24-15-22-21(14-23(24)32(34)35)26(29-17-28-22)30-20-7-3-6-19(27)13-20/h3,6-7,13-15,17-18H,2,4-5,8-12,16H2,1H3,(H,28,29,30). The number of hydrogen-bond acceptors (Lipinski definition) is 9. The van der Waals surface area contributed by atoms with Crippen molar-refractivity contribution in [1.82, 2.24) is 14.9 Å². The minimum Gasteiger partial charge on any atom is -0.487 e. The lowest BCUT2D eigenvalue weighted by atomic mass is 9.92. The third-order valence-corrected chi connectivity index (χ3v) is 6.87. The molecule has 0 aliphatic carbocycles. The average Bonchev–Trinajstić information content (AvgIpc) is 2.87. The highest BCUT2D eigenvalue weighted by molar-refractivity contribution is 9.10. The van der Waals surface area contributed by atoms with Crippen LogP contribution in [0.2, 0.25) is 0 Å². The fraction of sp³-hybridized carbons (Fsp3) is 0.423. The van der Waals surface area contributed by atoms with Crippen LogP contribution in [0.4, 0.5) is 17.2 Å². The summed E-state index contributed by atoms with van der Waals surface area (Å²) in [7, 11) is 0. The molecule has 2 heterocycles. The van der Waals surface area contributed by atoms with Crippen molar-refractivity contribution in [2.24, 2.45) is 5.92 Å². The maximum Gasteiger partial charge on any atom is 0.320 e. The molecule has 196 valence electrons. The van der Waals surface area contributed by atoms with E-state index in [2.05, 4.69) is 36.1 Å². The number of esters is 1. The molecule has 2 aromatic carbocycles. The Hall–Kier alpha value is -3.31. The molecule has 0 atom stereocenters. The first-order valence-electron chi connectivity index (χ1n) is 12.4. The number of rotatable bonds is 11. The topological polar surface area (TPSA) is 120 Å². The van der Waals surface area contributed by atoms with Crippen molar-refractivity contribution in [2.75, 3.05) is 38.2 Å². The molecule has 4 rings (SSSR count). The summed E-state index contributed by atoms with van der Waals surface area (Å²) < 4.78 is 11.8. The van der Waals surface area contributed by atoms with Gasteiger partial charge >= 0.3 is 11.7 Å². The van der Waals surface area contributed by atoms with Gasteiger partial charge in [0.25, 0.3) is 0 Å². The van der Waals surface area contributed by atoms with Crippen molar-refractivity contribution >= 4 is 50.0 Å². The van der Waals surface area contributed by atoms with Crippen molar-refractivity contribution in [3.8, 4) is 5.75 Å². The number of fused-ring (bicyclic) bond motifs is 1. The summed E-state index contributed by atoms with van der Waals surface area (Å²) in [5, 5.41) is 15.6. The van der Waals surface area contributed by atoms with E-state index in [4.69, 9.17) is 9.47 Å². The van der Waals surface area contributed by atoms with E-state index in [-0.39, 0.29) is 17.4 Å². The van der Waals surface area contributed by atoms with Crippen LogP contribution in [0.25, 0.3) is 10.9 Å². The van der Waals surface area contributed by atoms with Crippen LogP contribution in [0, 0.1) is 16.0 Å². The van der Waals surface area contributed by atoms with Crippen LogP contribution in [-0.2, 0) is 9.53 Å². The largest absolute Gasteiger partial charge is 0.487 e. The summed E-state index contributed by atoms with van der Waals surface area (Å²) in [6.45, 7) is 4.68.